The average Bonchev–Trinajstić information content (AvgIpc) is 2.38. The van der Waals surface area contributed by atoms with Crippen molar-refractivity contribution in [3.63, 3.8) is 0 Å². The monoisotopic (exact) mass is 270 g/mol. The second-order valence-corrected chi connectivity index (χ2v) is 6.86. The topological polar surface area (TPSA) is 75.3 Å². The number of hydrogen-bond acceptors (Lipinski definition) is 3. The Bertz CT molecular complexity index is 284. The standard InChI is InChI=1S/C15H30N2O2/c1-14(2,8-9-18)12-17-13(19)10-15(11-16)6-4-3-5-7-15/h18H,3-12,16H2,1-2H3,(H,17,19). The molecule has 0 radical (unpaired) electrons. The zero-order valence-corrected chi connectivity index (χ0v) is 12.5. The first-order valence-corrected chi connectivity index (χ1v) is 7.51. The van der Waals surface area contributed by atoms with Crippen LogP contribution in [0, 0.1) is 10.8 Å². The number of aliphatic hydroxyl groups excluding tert-OH is 1. The van der Waals surface area contributed by atoms with Gasteiger partial charge in [0.2, 0.25) is 5.91 Å². The Morgan fingerprint density at radius 1 is 1.32 bits per heavy atom. The maximum absolute atomic E-state index is 12.1. The highest BCUT2D eigenvalue weighted by atomic mass is 16.3. The molecule has 112 valence electrons. The van der Waals surface area contributed by atoms with Gasteiger partial charge in [0.1, 0.15) is 0 Å². The van der Waals surface area contributed by atoms with Gasteiger partial charge in [-0.15, -0.1) is 0 Å². The molecule has 1 aliphatic carbocycles. The number of nitrogens with two attached hydrogens (primary N) is 1. The van der Waals surface area contributed by atoms with Gasteiger partial charge >= 0.3 is 0 Å². The van der Waals surface area contributed by atoms with E-state index in [-0.39, 0.29) is 23.3 Å². The molecule has 4 N–H and O–H groups in total. The fourth-order valence-electron chi connectivity index (χ4n) is 2.89. The number of rotatable bonds is 7. The number of aliphatic hydroxyl groups is 1. The lowest BCUT2D eigenvalue weighted by molar-refractivity contribution is -0.124. The largest absolute Gasteiger partial charge is 0.396 e. The molecule has 0 aromatic heterocycles. The molecule has 1 saturated carbocycles. The van der Waals surface area contributed by atoms with Gasteiger partial charge in [-0.3, -0.25) is 4.79 Å². The summed E-state index contributed by atoms with van der Waals surface area (Å²) >= 11 is 0. The van der Waals surface area contributed by atoms with Crippen LogP contribution in [0.2, 0.25) is 0 Å². The van der Waals surface area contributed by atoms with E-state index >= 15 is 0 Å². The molecule has 0 unspecified atom stereocenters. The summed E-state index contributed by atoms with van der Waals surface area (Å²) < 4.78 is 0. The number of amides is 1. The maximum atomic E-state index is 12.1. The van der Waals surface area contributed by atoms with E-state index in [0.29, 0.717) is 25.9 Å². The van der Waals surface area contributed by atoms with Gasteiger partial charge < -0.3 is 16.2 Å². The summed E-state index contributed by atoms with van der Waals surface area (Å²) in [5.74, 6) is 0.110. The first kappa shape index (κ1) is 16.4. The molecule has 0 bridgehead atoms. The fourth-order valence-corrected chi connectivity index (χ4v) is 2.89. The lowest BCUT2D eigenvalue weighted by Crippen LogP contribution is -2.41. The molecule has 1 fully saturated rings. The molecule has 0 spiro atoms. The van der Waals surface area contributed by atoms with E-state index in [1.54, 1.807) is 0 Å². The molecule has 1 aliphatic rings. The van der Waals surface area contributed by atoms with Gasteiger partial charge in [0.05, 0.1) is 0 Å². The van der Waals surface area contributed by atoms with Crippen molar-refractivity contribution in [3.8, 4) is 0 Å². The summed E-state index contributed by atoms with van der Waals surface area (Å²) in [5, 5.41) is 12.0. The van der Waals surface area contributed by atoms with Crippen molar-refractivity contribution >= 4 is 5.91 Å². The second-order valence-electron chi connectivity index (χ2n) is 6.86. The van der Waals surface area contributed by atoms with Crippen LogP contribution in [0.15, 0.2) is 0 Å². The van der Waals surface area contributed by atoms with E-state index in [9.17, 15) is 4.79 Å². The highest BCUT2D eigenvalue weighted by molar-refractivity contribution is 5.76. The average molecular weight is 270 g/mol. The third-order valence-corrected chi connectivity index (χ3v) is 4.44. The van der Waals surface area contributed by atoms with Gasteiger partial charge in [0, 0.05) is 19.6 Å². The minimum Gasteiger partial charge on any atom is -0.396 e. The summed E-state index contributed by atoms with van der Waals surface area (Å²) in [6, 6.07) is 0. The summed E-state index contributed by atoms with van der Waals surface area (Å²) in [5.41, 5.74) is 5.89. The normalized spacial score (nSPS) is 19.2. The molecule has 0 aromatic carbocycles. The predicted molar refractivity (Wildman–Crippen MR) is 77.7 cm³/mol. The Labute approximate surface area is 117 Å². The van der Waals surface area contributed by atoms with Crippen molar-refractivity contribution in [2.75, 3.05) is 19.7 Å². The molecule has 0 aromatic rings. The Morgan fingerprint density at radius 3 is 2.47 bits per heavy atom. The van der Waals surface area contributed by atoms with Crippen LogP contribution >= 0.6 is 0 Å². The van der Waals surface area contributed by atoms with E-state index < -0.39 is 0 Å². The molecule has 4 nitrogen and oxygen atoms in total. The lowest BCUT2D eigenvalue weighted by atomic mass is 9.71. The van der Waals surface area contributed by atoms with Crippen molar-refractivity contribution < 1.29 is 9.90 Å². The van der Waals surface area contributed by atoms with Crippen LogP contribution in [0.3, 0.4) is 0 Å². The third kappa shape index (κ3) is 5.49. The van der Waals surface area contributed by atoms with Crippen molar-refractivity contribution in [1.82, 2.24) is 5.32 Å². The molecule has 4 heteroatoms. The first-order chi connectivity index (χ1) is 8.93. The van der Waals surface area contributed by atoms with Crippen LogP contribution in [-0.2, 0) is 4.79 Å². The molecule has 0 heterocycles. The van der Waals surface area contributed by atoms with Gasteiger partial charge in [-0.25, -0.2) is 0 Å². The molecule has 0 aliphatic heterocycles. The van der Waals surface area contributed by atoms with E-state index in [0.717, 1.165) is 12.8 Å². The summed E-state index contributed by atoms with van der Waals surface area (Å²) in [6.45, 7) is 5.51. The maximum Gasteiger partial charge on any atom is 0.220 e. The SMILES string of the molecule is CC(C)(CCO)CNC(=O)CC1(CN)CCCCC1. The fraction of sp³-hybridized carbons (Fsp3) is 0.933. The lowest BCUT2D eigenvalue weighted by Gasteiger charge is -2.36. The predicted octanol–water partition coefficient (Wildman–Crippen LogP) is 1.81. The Balaban J connectivity index is 2.41. The van der Waals surface area contributed by atoms with Gasteiger partial charge in [0.15, 0.2) is 0 Å². The van der Waals surface area contributed by atoms with E-state index in [1.165, 1.54) is 19.3 Å². The van der Waals surface area contributed by atoms with Crippen LogP contribution in [0.5, 0.6) is 0 Å². The molecule has 0 saturated heterocycles. The highest BCUT2D eigenvalue weighted by Crippen LogP contribution is 2.38. The number of nitrogens with one attached hydrogen (secondary N) is 1. The van der Waals surface area contributed by atoms with E-state index in [4.69, 9.17) is 10.8 Å². The summed E-state index contributed by atoms with van der Waals surface area (Å²) in [7, 11) is 0. The minimum absolute atomic E-state index is 0.0312. The van der Waals surface area contributed by atoms with E-state index in [2.05, 4.69) is 19.2 Å². The zero-order valence-electron chi connectivity index (χ0n) is 12.5. The van der Waals surface area contributed by atoms with Crippen molar-refractivity contribution in [1.29, 1.82) is 0 Å². The Kier molecular flexibility index (Phi) is 6.27. The molecule has 1 amide bonds. The number of hydrogen-bond donors (Lipinski definition) is 3. The van der Waals surface area contributed by atoms with Crippen LogP contribution in [0.4, 0.5) is 0 Å². The summed E-state index contributed by atoms with van der Waals surface area (Å²) in [6.07, 6.45) is 7.08. The van der Waals surface area contributed by atoms with Gasteiger partial charge in [-0.2, -0.15) is 0 Å². The van der Waals surface area contributed by atoms with Crippen LogP contribution in [0.1, 0.15) is 58.8 Å². The quantitative estimate of drug-likeness (QED) is 0.660. The van der Waals surface area contributed by atoms with Crippen LogP contribution in [-0.4, -0.2) is 30.7 Å². The van der Waals surface area contributed by atoms with Crippen molar-refractivity contribution in [2.24, 2.45) is 16.6 Å². The van der Waals surface area contributed by atoms with Crippen LogP contribution in [0.25, 0.3) is 0 Å². The van der Waals surface area contributed by atoms with Gasteiger partial charge in [-0.05, 0) is 36.6 Å². The molecular weight excluding hydrogens is 240 g/mol. The highest BCUT2D eigenvalue weighted by Gasteiger charge is 2.33. The molecule has 1 rings (SSSR count). The van der Waals surface area contributed by atoms with Crippen molar-refractivity contribution in [3.05, 3.63) is 0 Å². The Morgan fingerprint density at radius 2 is 1.95 bits per heavy atom. The first-order valence-electron chi connectivity index (χ1n) is 7.51. The molecule has 19 heavy (non-hydrogen) atoms. The van der Waals surface area contributed by atoms with Crippen LogP contribution < -0.4 is 11.1 Å². The number of carbonyl (C=O) groups is 1. The summed E-state index contributed by atoms with van der Waals surface area (Å²) in [4.78, 5) is 12.1. The third-order valence-electron chi connectivity index (χ3n) is 4.44. The van der Waals surface area contributed by atoms with Crippen molar-refractivity contribution in [2.45, 2.75) is 58.8 Å². The Hall–Kier alpha value is -0.610. The zero-order chi connectivity index (χ0) is 14.4. The van der Waals surface area contributed by atoms with Gasteiger partial charge in [0.25, 0.3) is 0 Å². The van der Waals surface area contributed by atoms with Gasteiger partial charge in [-0.1, -0.05) is 33.1 Å². The van der Waals surface area contributed by atoms with E-state index in [1.807, 2.05) is 0 Å². The molecular formula is C15H30N2O2. The number of carbonyl (C=O) groups excluding carboxylic acids is 1. The molecule has 0 atom stereocenters. The smallest absolute Gasteiger partial charge is 0.220 e. The minimum atomic E-state index is -0.0488. The second kappa shape index (κ2) is 7.25.